The van der Waals surface area contributed by atoms with Crippen LogP contribution in [0.3, 0.4) is 0 Å². The second-order valence-corrected chi connectivity index (χ2v) is 8.59. The van der Waals surface area contributed by atoms with Gasteiger partial charge in [0.25, 0.3) is 15.9 Å². The number of benzene rings is 2. The van der Waals surface area contributed by atoms with Crippen molar-refractivity contribution in [1.29, 1.82) is 0 Å². The molecule has 1 heterocycles. The summed E-state index contributed by atoms with van der Waals surface area (Å²) < 4.78 is 27.6. The van der Waals surface area contributed by atoms with Crippen LogP contribution in [0.1, 0.15) is 22.3 Å². The largest absolute Gasteiger partial charge is 0.296 e. The summed E-state index contributed by atoms with van der Waals surface area (Å²) in [5, 5.41) is 12.1. The molecule has 2 aromatic carbocycles. The van der Waals surface area contributed by atoms with E-state index in [0.717, 1.165) is 5.01 Å². The lowest BCUT2D eigenvalue weighted by molar-refractivity contribution is 0.102. The first-order valence-electron chi connectivity index (χ1n) is 7.90. The molecule has 0 unspecified atom stereocenters. The lowest BCUT2D eigenvalue weighted by atomic mass is 10.2. The number of hydrogen-bond donors (Lipinski definition) is 2. The summed E-state index contributed by atoms with van der Waals surface area (Å²) in [4.78, 5) is 12.6. The third-order valence-corrected chi connectivity index (χ3v) is 6.15. The van der Waals surface area contributed by atoms with Crippen molar-refractivity contribution in [3.8, 4) is 0 Å². The topological polar surface area (TPSA) is 101 Å². The highest BCUT2D eigenvalue weighted by atomic mass is 35.5. The number of aromatic nitrogens is 2. The zero-order valence-corrected chi connectivity index (χ0v) is 16.5. The molecule has 3 rings (SSSR count). The zero-order chi connectivity index (χ0) is 19.4. The third kappa shape index (κ3) is 4.62. The summed E-state index contributed by atoms with van der Waals surface area (Å²) in [6, 6.07) is 12.1. The Morgan fingerprint density at radius 3 is 2.48 bits per heavy atom. The van der Waals surface area contributed by atoms with Crippen molar-refractivity contribution >= 4 is 49.7 Å². The zero-order valence-electron chi connectivity index (χ0n) is 14.1. The van der Waals surface area contributed by atoms with Gasteiger partial charge in [-0.3, -0.25) is 14.8 Å². The molecule has 27 heavy (non-hydrogen) atoms. The van der Waals surface area contributed by atoms with E-state index < -0.39 is 15.9 Å². The Balaban J connectivity index is 1.85. The molecule has 3 aromatic rings. The number of carbonyl (C=O) groups is 1. The number of aryl methyl sites for hydroxylation is 1. The first kappa shape index (κ1) is 19.3. The fourth-order valence-corrected chi connectivity index (χ4v) is 4.08. The van der Waals surface area contributed by atoms with E-state index >= 15 is 0 Å². The quantitative estimate of drug-likeness (QED) is 0.629. The first-order valence-corrected chi connectivity index (χ1v) is 10.6. The third-order valence-electron chi connectivity index (χ3n) is 3.53. The minimum atomic E-state index is -3.87. The summed E-state index contributed by atoms with van der Waals surface area (Å²) in [6.07, 6.45) is 0.713. The number of halogens is 1. The van der Waals surface area contributed by atoms with Crippen molar-refractivity contribution < 1.29 is 13.2 Å². The smallest absolute Gasteiger partial charge is 0.261 e. The van der Waals surface area contributed by atoms with Crippen LogP contribution in [0.2, 0.25) is 5.02 Å². The van der Waals surface area contributed by atoms with Gasteiger partial charge in [0.2, 0.25) is 5.13 Å². The van der Waals surface area contributed by atoms with Crippen LogP contribution in [0.4, 0.5) is 10.8 Å². The molecular weight excluding hydrogens is 408 g/mol. The maximum Gasteiger partial charge on any atom is 0.261 e. The second-order valence-electron chi connectivity index (χ2n) is 5.41. The molecular formula is C17H15ClN4O3S2. The van der Waals surface area contributed by atoms with Crippen molar-refractivity contribution in [1.82, 2.24) is 10.2 Å². The Labute approximate surface area is 165 Å². The predicted octanol–water partition coefficient (Wildman–Crippen LogP) is 3.81. The number of hydrogen-bond acceptors (Lipinski definition) is 6. The summed E-state index contributed by atoms with van der Waals surface area (Å²) in [5.41, 5.74) is 0.327. The van der Waals surface area contributed by atoms with Crippen LogP contribution >= 0.6 is 22.9 Å². The van der Waals surface area contributed by atoms with Gasteiger partial charge in [-0.05, 0) is 42.8 Å². The molecule has 10 heteroatoms. The summed E-state index contributed by atoms with van der Waals surface area (Å²) in [7, 11) is -3.87. The average Bonchev–Trinajstić information content (AvgIpc) is 3.09. The van der Waals surface area contributed by atoms with Gasteiger partial charge in [-0.2, -0.15) is 0 Å². The lowest BCUT2D eigenvalue weighted by Crippen LogP contribution is -2.18. The van der Waals surface area contributed by atoms with Crippen LogP contribution in [0.15, 0.2) is 53.4 Å². The van der Waals surface area contributed by atoms with Crippen molar-refractivity contribution in [2.45, 2.75) is 18.2 Å². The van der Waals surface area contributed by atoms with Gasteiger partial charge in [0.15, 0.2) is 0 Å². The normalized spacial score (nSPS) is 11.2. The van der Waals surface area contributed by atoms with E-state index in [1.54, 1.807) is 12.1 Å². The minimum Gasteiger partial charge on any atom is -0.296 e. The number of nitrogens with zero attached hydrogens (tertiary/aromatic N) is 2. The molecule has 0 bridgehead atoms. The number of sulfonamides is 1. The van der Waals surface area contributed by atoms with Gasteiger partial charge < -0.3 is 0 Å². The molecule has 0 fully saturated rings. The molecule has 0 radical (unpaired) electrons. The number of carbonyl (C=O) groups excluding carboxylic acids is 1. The number of para-hydroxylation sites is 1. The van der Waals surface area contributed by atoms with Crippen LogP contribution in [0.25, 0.3) is 0 Å². The van der Waals surface area contributed by atoms with Crippen LogP contribution in [-0.2, 0) is 16.4 Å². The van der Waals surface area contributed by atoms with Crippen molar-refractivity contribution in [3.05, 3.63) is 64.1 Å². The highest BCUT2D eigenvalue weighted by molar-refractivity contribution is 7.92. The Morgan fingerprint density at radius 1 is 1.11 bits per heavy atom. The SMILES string of the molecule is CCc1nnc(NC(=O)c2ccccc2NS(=O)(=O)c2ccc(Cl)cc2)s1. The Bertz CT molecular complexity index is 1070. The highest BCUT2D eigenvalue weighted by Gasteiger charge is 2.19. The molecule has 140 valence electrons. The summed E-state index contributed by atoms with van der Waals surface area (Å²) in [6.45, 7) is 1.94. The molecule has 2 N–H and O–H groups in total. The van der Waals surface area contributed by atoms with E-state index in [4.69, 9.17) is 11.6 Å². The van der Waals surface area contributed by atoms with E-state index in [1.165, 1.54) is 47.7 Å². The van der Waals surface area contributed by atoms with Gasteiger partial charge >= 0.3 is 0 Å². The molecule has 0 spiro atoms. The Kier molecular flexibility index (Phi) is 5.73. The highest BCUT2D eigenvalue weighted by Crippen LogP contribution is 2.23. The van der Waals surface area contributed by atoms with Gasteiger partial charge in [-0.1, -0.05) is 42.0 Å². The van der Waals surface area contributed by atoms with E-state index in [1.807, 2.05) is 6.92 Å². The van der Waals surface area contributed by atoms with Crippen LogP contribution in [-0.4, -0.2) is 24.5 Å². The van der Waals surface area contributed by atoms with Crippen molar-refractivity contribution in [2.24, 2.45) is 0 Å². The molecule has 1 amide bonds. The van der Waals surface area contributed by atoms with E-state index in [2.05, 4.69) is 20.2 Å². The Morgan fingerprint density at radius 2 is 1.81 bits per heavy atom. The van der Waals surface area contributed by atoms with E-state index in [0.29, 0.717) is 16.6 Å². The number of nitrogens with one attached hydrogen (secondary N) is 2. The van der Waals surface area contributed by atoms with Crippen molar-refractivity contribution in [2.75, 3.05) is 10.0 Å². The molecule has 1 aromatic heterocycles. The predicted molar refractivity (Wildman–Crippen MR) is 106 cm³/mol. The average molecular weight is 423 g/mol. The molecule has 0 atom stereocenters. The molecule has 0 aliphatic rings. The summed E-state index contributed by atoms with van der Waals surface area (Å²) >= 11 is 7.07. The number of amides is 1. The Hall–Kier alpha value is -2.49. The number of rotatable bonds is 6. The fraction of sp³-hybridized carbons (Fsp3) is 0.118. The van der Waals surface area contributed by atoms with Gasteiger partial charge in [0.1, 0.15) is 5.01 Å². The standard InChI is InChI=1S/C17H15ClN4O3S2/c1-2-15-20-21-17(26-15)19-16(23)13-5-3-4-6-14(13)22-27(24,25)12-9-7-11(18)8-10-12/h3-10,22H,2H2,1H3,(H,19,21,23). The maximum absolute atomic E-state index is 12.6. The van der Waals surface area contributed by atoms with Gasteiger partial charge in [0, 0.05) is 5.02 Å². The van der Waals surface area contributed by atoms with Gasteiger partial charge in [0.05, 0.1) is 16.1 Å². The van der Waals surface area contributed by atoms with Crippen LogP contribution in [0.5, 0.6) is 0 Å². The van der Waals surface area contributed by atoms with Crippen LogP contribution < -0.4 is 10.0 Å². The number of anilines is 2. The first-order chi connectivity index (χ1) is 12.9. The van der Waals surface area contributed by atoms with Gasteiger partial charge in [-0.15, -0.1) is 10.2 Å². The van der Waals surface area contributed by atoms with Gasteiger partial charge in [-0.25, -0.2) is 8.42 Å². The van der Waals surface area contributed by atoms with E-state index in [9.17, 15) is 13.2 Å². The van der Waals surface area contributed by atoms with Crippen molar-refractivity contribution in [3.63, 3.8) is 0 Å². The second kappa shape index (κ2) is 8.03. The van der Waals surface area contributed by atoms with E-state index in [-0.39, 0.29) is 16.1 Å². The monoisotopic (exact) mass is 422 g/mol. The fourth-order valence-electron chi connectivity index (χ4n) is 2.20. The maximum atomic E-state index is 12.6. The lowest BCUT2D eigenvalue weighted by Gasteiger charge is -2.12. The molecule has 0 aliphatic heterocycles. The molecule has 0 aliphatic carbocycles. The summed E-state index contributed by atoms with van der Waals surface area (Å²) in [5.74, 6) is -0.483. The minimum absolute atomic E-state index is 0.0406. The molecule has 0 saturated carbocycles. The van der Waals surface area contributed by atoms with Crippen LogP contribution in [0, 0.1) is 0 Å². The molecule has 7 nitrogen and oxygen atoms in total. The molecule has 0 saturated heterocycles.